The van der Waals surface area contributed by atoms with Gasteiger partial charge in [-0.25, -0.2) is 4.79 Å². The quantitative estimate of drug-likeness (QED) is 0.311. The van der Waals surface area contributed by atoms with Gasteiger partial charge in [0.2, 0.25) is 0 Å². The second kappa shape index (κ2) is 17.2. The maximum atomic E-state index is 10.4. The molecule has 3 heteroatoms. The second-order valence-corrected chi connectivity index (χ2v) is 5.78. The number of unbranched alkanes of at least 4 members (excludes halogenated alkanes) is 7. The molecule has 0 amide bonds. The summed E-state index contributed by atoms with van der Waals surface area (Å²) in [4.78, 5) is 12.7. The van der Waals surface area contributed by atoms with E-state index in [1.165, 1.54) is 57.9 Å². The molecule has 0 heterocycles. The Bertz CT molecular complexity index is 250. The third kappa shape index (κ3) is 21.6. The predicted octanol–water partition coefficient (Wildman–Crippen LogP) is 4.81. The van der Waals surface area contributed by atoms with E-state index in [0.717, 1.165) is 0 Å². The van der Waals surface area contributed by atoms with Crippen molar-refractivity contribution in [2.75, 3.05) is 27.2 Å². The van der Waals surface area contributed by atoms with Crippen molar-refractivity contribution in [3.63, 3.8) is 0 Å². The van der Waals surface area contributed by atoms with E-state index in [1.807, 2.05) is 0 Å². The van der Waals surface area contributed by atoms with E-state index in [4.69, 9.17) is 0 Å². The average molecular weight is 299 g/mol. The molecule has 3 nitrogen and oxygen atoms in total. The number of esters is 1. The fraction of sp³-hybridized carbons (Fsp3) is 0.833. The number of ether oxygens (including phenoxy) is 1. The Balaban J connectivity index is 0. The molecule has 0 unspecified atom stereocenters. The third-order valence-corrected chi connectivity index (χ3v) is 3.08. The molecule has 0 saturated heterocycles. The van der Waals surface area contributed by atoms with Gasteiger partial charge >= 0.3 is 5.97 Å². The summed E-state index contributed by atoms with van der Waals surface area (Å²) in [5, 5.41) is 0. The van der Waals surface area contributed by atoms with Gasteiger partial charge in [-0.05, 0) is 40.9 Å². The van der Waals surface area contributed by atoms with Gasteiger partial charge in [0.15, 0.2) is 0 Å². The molecule has 0 aromatic carbocycles. The van der Waals surface area contributed by atoms with Crippen LogP contribution in [0.15, 0.2) is 12.2 Å². The van der Waals surface area contributed by atoms with Crippen LogP contribution in [-0.2, 0) is 9.53 Å². The number of nitrogens with zero attached hydrogens (tertiary/aromatic N) is 1. The van der Waals surface area contributed by atoms with Crippen LogP contribution in [0.1, 0.15) is 72.1 Å². The molecule has 0 aliphatic rings. The summed E-state index contributed by atoms with van der Waals surface area (Å²) < 4.78 is 4.56. The number of carbonyl (C=O) groups excluding carboxylic acids is 1. The smallest absolute Gasteiger partial charge is 0.333 e. The van der Waals surface area contributed by atoms with Crippen molar-refractivity contribution in [2.24, 2.45) is 0 Å². The van der Waals surface area contributed by atoms with Crippen LogP contribution < -0.4 is 0 Å². The van der Waals surface area contributed by atoms with Gasteiger partial charge in [0, 0.05) is 5.57 Å². The second-order valence-electron chi connectivity index (χ2n) is 5.78. The van der Waals surface area contributed by atoms with Crippen LogP contribution in [0.25, 0.3) is 0 Å². The van der Waals surface area contributed by atoms with Crippen LogP contribution >= 0.6 is 0 Å². The predicted molar refractivity (Wildman–Crippen MR) is 92.6 cm³/mol. The molecule has 0 atom stereocenters. The molecule has 0 aromatic rings. The topological polar surface area (TPSA) is 29.5 Å². The van der Waals surface area contributed by atoms with E-state index in [1.54, 1.807) is 13.8 Å². The van der Waals surface area contributed by atoms with Gasteiger partial charge in [0.25, 0.3) is 0 Å². The van der Waals surface area contributed by atoms with Crippen molar-refractivity contribution < 1.29 is 9.53 Å². The lowest BCUT2D eigenvalue weighted by Gasteiger charge is -2.08. The van der Waals surface area contributed by atoms with Gasteiger partial charge in [-0.15, -0.1) is 0 Å². The Hall–Kier alpha value is -0.830. The summed E-state index contributed by atoms with van der Waals surface area (Å²) >= 11 is 0. The molecule has 0 spiro atoms. The largest absolute Gasteiger partial charge is 0.463 e. The summed E-state index contributed by atoms with van der Waals surface area (Å²) in [6.45, 7) is 10.7. The summed E-state index contributed by atoms with van der Waals surface area (Å²) in [6.07, 6.45) is 11.4. The minimum Gasteiger partial charge on any atom is -0.463 e. The van der Waals surface area contributed by atoms with Crippen LogP contribution in [0.5, 0.6) is 0 Å². The highest BCUT2D eigenvalue weighted by Gasteiger charge is 1.98. The van der Waals surface area contributed by atoms with Gasteiger partial charge in [0.05, 0.1) is 6.61 Å². The van der Waals surface area contributed by atoms with Gasteiger partial charge in [-0.3, -0.25) is 0 Å². The first-order valence-electron chi connectivity index (χ1n) is 8.43. The molecule has 0 bridgehead atoms. The standard InChI is InChI=1S/C12H27N.C6H10O2/c1-4-5-6-7-8-9-10-11-12-13(2)3;1-4-8-6(7)5(2)3/h4-12H2,1-3H3;2,4H2,1,3H3. The van der Waals surface area contributed by atoms with Gasteiger partial charge in [0.1, 0.15) is 0 Å². The van der Waals surface area contributed by atoms with Crippen LogP contribution in [-0.4, -0.2) is 38.1 Å². The molecule has 0 aromatic heterocycles. The fourth-order valence-electron chi connectivity index (χ4n) is 1.82. The van der Waals surface area contributed by atoms with E-state index in [2.05, 4.69) is 37.2 Å². The zero-order valence-corrected chi connectivity index (χ0v) is 15.0. The molecule has 0 fully saturated rings. The molecule has 21 heavy (non-hydrogen) atoms. The lowest BCUT2D eigenvalue weighted by molar-refractivity contribution is -0.138. The third-order valence-electron chi connectivity index (χ3n) is 3.08. The number of carbonyl (C=O) groups is 1. The normalized spacial score (nSPS) is 10.0. The molecule has 0 saturated carbocycles. The number of hydrogen-bond donors (Lipinski definition) is 0. The number of rotatable bonds is 11. The lowest BCUT2D eigenvalue weighted by Crippen LogP contribution is -2.12. The molecular formula is C18H37NO2. The molecule has 126 valence electrons. The van der Waals surface area contributed by atoms with Gasteiger partial charge in [-0.2, -0.15) is 0 Å². The Morgan fingerprint density at radius 2 is 1.43 bits per heavy atom. The SMILES string of the molecule is C=C(C)C(=O)OCC.CCCCCCCCCCN(C)C. The zero-order valence-electron chi connectivity index (χ0n) is 15.0. The summed E-state index contributed by atoms with van der Waals surface area (Å²) in [6, 6.07) is 0. The summed E-state index contributed by atoms with van der Waals surface area (Å²) in [7, 11) is 4.31. The van der Waals surface area contributed by atoms with E-state index in [9.17, 15) is 4.79 Å². The minimum atomic E-state index is -0.312. The minimum absolute atomic E-state index is 0.312. The zero-order chi connectivity index (χ0) is 16.5. The highest BCUT2D eigenvalue weighted by Crippen LogP contribution is 2.08. The van der Waals surface area contributed by atoms with Crippen LogP contribution in [0, 0.1) is 0 Å². The number of hydrogen-bond acceptors (Lipinski definition) is 3. The Kier molecular flexibility index (Phi) is 18.4. The molecule has 0 N–H and O–H groups in total. The Labute approximate surface area is 132 Å². The van der Waals surface area contributed by atoms with E-state index in [-0.39, 0.29) is 5.97 Å². The molecular weight excluding hydrogens is 262 g/mol. The van der Waals surface area contributed by atoms with Crippen molar-refractivity contribution in [1.29, 1.82) is 0 Å². The van der Waals surface area contributed by atoms with E-state index in [0.29, 0.717) is 12.2 Å². The van der Waals surface area contributed by atoms with Gasteiger partial charge < -0.3 is 9.64 Å². The fourth-order valence-corrected chi connectivity index (χ4v) is 1.82. The highest BCUT2D eigenvalue weighted by molar-refractivity contribution is 5.86. The summed E-state index contributed by atoms with van der Waals surface area (Å²) in [5.41, 5.74) is 0.451. The lowest BCUT2D eigenvalue weighted by atomic mass is 10.1. The Morgan fingerprint density at radius 1 is 0.952 bits per heavy atom. The van der Waals surface area contributed by atoms with E-state index < -0.39 is 0 Å². The average Bonchev–Trinajstić information content (AvgIpc) is 2.42. The molecule has 0 radical (unpaired) electrons. The first kappa shape index (κ1) is 22.5. The van der Waals surface area contributed by atoms with Crippen LogP contribution in [0.2, 0.25) is 0 Å². The van der Waals surface area contributed by atoms with Crippen molar-refractivity contribution in [2.45, 2.75) is 72.1 Å². The monoisotopic (exact) mass is 299 g/mol. The van der Waals surface area contributed by atoms with E-state index >= 15 is 0 Å². The van der Waals surface area contributed by atoms with Crippen molar-refractivity contribution in [3.05, 3.63) is 12.2 Å². The van der Waals surface area contributed by atoms with Crippen molar-refractivity contribution in [3.8, 4) is 0 Å². The van der Waals surface area contributed by atoms with Crippen LogP contribution in [0.3, 0.4) is 0 Å². The van der Waals surface area contributed by atoms with Crippen molar-refractivity contribution in [1.82, 2.24) is 4.90 Å². The summed E-state index contributed by atoms with van der Waals surface area (Å²) in [5.74, 6) is -0.312. The first-order chi connectivity index (χ1) is 9.95. The highest BCUT2D eigenvalue weighted by atomic mass is 16.5. The molecule has 0 aliphatic carbocycles. The van der Waals surface area contributed by atoms with Crippen molar-refractivity contribution >= 4 is 5.97 Å². The maximum Gasteiger partial charge on any atom is 0.333 e. The Morgan fingerprint density at radius 3 is 1.76 bits per heavy atom. The van der Waals surface area contributed by atoms with Crippen LogP contribution in [0.4, 0.5) is 0 Å². The molecule has 0 aliphatic heterocycles. The molecule has 0 rings (SSSR count). The van der Waals surface area contributed by atoms with Gasteiger partial charge in [-0.1, -0.05) is 58.4 Å². The first-order valence-corrected chi connectivity index (χ1v) is 8.43. The maximum absolute atomic E-state index is 10.4.